The molecule has 0 atom stereocenters. The monoisotopic (exact) mass is 252 g/mol. The van der Waals surface area contributed by atoms with E-state index in [0.29, 0.717) is 6.54 Å². The fraction of sp³-hybridized carbons (Fsp3) is 0.583. The van der Waals surface area contributed by atoms with Crippen molar-refractivity contribution in [3.63, 3.8) is 0 Å². The number of amides is 1. The SMILES string of the molecule is CC1(C)O[B]OC1(C)C.O=C(O)N1C=CC=CC1. The first kappa shape index (κ1) is 14.8. The highest BCUT2D eigenvalue weighted by molar-refractivity contribution is 6.19. The summed E-state index contributed by atoms with van der Waals surface area (Å²) in [6, 6.07) is 0. The van der Waals surface area contributed by atoms with Gasteiger partial charge in [-0.25, -0.2) is 4.79 Å². The topological polar surface area (TPSA) is 59.0 Å². The molecule has 1 fully saturated rings. The lowest BCUT2D eigenvalue weighted by Crippen LogP contribution is -2.41. The highest BCUT2D eigenvalue weighted by Gasteiger charge is 2.44. The van der Waals surface area contributed by atoms with Gasteiger partial charge in [0.25, 0.3) is 0 Å². The summed E-state index contributed by atoms with van der Waals surface area (Å²) in [5, 5.41) is 8.38. The van der Waals surface area contributed by atoms with Crippen molar-refractivity contribution in [2.24, 2.45) is 0 Å². The molecule has 99 valence electrons. The maximum Gasteiger partial charge on any atom is 0.488 e. The third-order valence-corrected chi connectivity index (χ3v) is 3.20. The van der Waals surface area contributed by atoms with Crippen molar-refractivity contribution in [3.8, 4) is 0 Å². The van der Waals surface area contributed by atoms with Crippen LogP contribution in [0.2, 0.25) is 0 Å². The number of carboxylic acid groups (broad SMARTS) is 1. The lowest BCUT2D eigenvalue weighted by Gasteiger charge is -2.32. The molecule has 2 heterocycles. The molecule has 18 heavy (non-hydrogen) atoms. The normalized spacial score (nSPS) is 23.0. The van der Waals surface area contributed by atoms with Gasteiger partial charge in [0.15, 0.2) is 0 Å². The van der Waals surface area contributed by atoms with Crippen LogP contribution in [0.5, 0.6) is 0 Å². The highest BCUT2D eigenvalue weighted by atomic mass is 16.7. The van der Waals surface area contributed by atoms with Gasteiger partial charge in [-0.2, -0.15) is 0 Å². The maximum atomic E-state index is 10.2. The fourth-order valence-corrected chi connectivity index (χ4v) is 1.16. The Bertz CT molecular complexity index is 349. The average Bonchev–Trinajstić information content (AvgIpc) is 2.53. The molecule has 6 heteroatoms. The number of hydrogen-bond donors (Lipinski definition) is 1. The van der Waals surface area contributed by atoms with Crippen LogP contribution < -0.4 is 0 Å². The van der Waals surface area contributed by atoms with Crippen molar-refractivity contribution in [2.45, 2.75) is 38.9 Å². The molecule has 0 aromatic carbocycles. The Labute approximate surface area is 108 Å². The zero-order chi connectivity index (χ0) is 13.8. The van der Waals surface area contributed by atoms with Crippen molar-refractivity contribution in [1.82, 2.24) is 4.90 Å². The van der Waals surface area contributed by atoms with E-state index >= 15 is 0 Å². The number of allylic oxidation sites excluding steroid dienone is 2. The molecule has 2 rings (SSSR count). The summed E-state index contributed by atoms with van der Waals surface area (Å²) in [5.74, 6) is 0. The quantitative estimate of drug-likeness (QED) is 0.671. The molecule has 0 aliphatic carbocycles. The van der Waals surface area contributed by atoms with Crippen molar-refractivity contribution in [3.05, 3.63) is 24.4 Å². The minimum Gasteiger partial charge on any atom is -0.465 e. The first-order chi connectivity index (χ1) is 8.26. The smallest absolute Gasteiger partial charge is 0.465 e. The zero-order valence-electron chi connectivity index (χ0n) is 11.2. The molecule has 0 unspecified atom stereocenters. The summed E-state index contributed by atoms with van der Waals surface area (Å²) in [6.45, 7) is 8.51. The van der Waals surface area contributed by atoms with Crippen LogP contribution in [-0.4, -0.2) is 41.5 Å². The molecule has 1 amide bonds. The van der Waals surface area contributed by atoms with Crippen molar-refractivity contribution < 1.29 is 19.2 Å². The molecule has 2 aliphatic heterocycles. The standard InChI is InChI=1S/C6H12BO2.C6H7NO2/c1-5(2)6(3,4)9-7-8-5;8-6(9)7-4-2-1-3-5-7/h1-4H3;1-4H,5H2,(H,8,9). The average molecular weight is 252 g/mol. The Morgan fingerprint density at radius 3 is 2.00 bits per heavy atom. The Morgan fingerprint density at radius 2 is 1.78 bits per heavy atom. The van der Waals surface area contributed by atoms with E-state index in [1.165, 1.54) is 18.8 Å². The molecule has 0 saturated carbocycles. The number of carbonyl (C=O) groups is 1. The third-order valence-electron chi connectivity index (χ3n) is 3.20. The first-order valence-corrected chi connectivity index (χ1v) is 5.76. The van der Waals surface area contributed by atoms with Crippen LogP contribution in [0.25, 0.3) is 0 Å². The zero-order valence-corrected chi connectivity index (χ0v) is 11.2. The second kappa shape index (κ2) is 5.58. The number of hydrogen-bond acceptors (Lipinski definition) is 3. The maximum absolute atomic E-state index is 10.2. The second-order valence-corrected chi connectivity index (χ2v) is 5.06. The van der Waals surface area contributed by atoms with E-state index in [1.54, 1.807) is 12.2 Å². The molecule has 1 saturated heterocycles. The lowest BCUT2D eigenvalue weighted by atomic mass is 9.90. The van der Waals surface area contributed by atoms with Crippen molar-refractivity contribution in [1.29, 1.82) is 0 Å². The van der Waals surface area contributed by atoms with Gasteiger partial charge in [-0.1, -0.05) is 12.2 Å². The lowest BCUT2D eigenvalue weighted by molar-refractivity contribution is 0.00578. The number of rotatable bonds is 0. The van der Waals surface area contributed by atoms with Crippen molar-refractivity contribution >= 4 is 13.8 Å². The third kappa shape index (κ3) is 3.61. The summed E-state index contributed by atoms with van der Waals surface area (Å²) in [6.07, 6.45) is 5.92. The van der Waals surface area contributed by atoms with Crippen LogP contribution in [0.4, 0.5) is 4.79 Å². The van der Waals surface area contributed by atoms with E-state index in [4.69, 9.17) is 14.4 Å². The Morgan fingerprint density at radius 1 is 1.22 bits per heavy atom. The van der Waals surface area contributed by atoms with Gasteiger partial charge in [0.1, 0.15) is 0 Å². The molecular weight excluding hydrogens is 233 g/mol. The molecule has 0 aromatic heterocycles. The van der Waals surface area contributed by atoms with Crippen LogP contribution in [0.15, 0.2) is 24.4 Å². The molecule has 0 spiro atoms. The molecule has 2 aliphatic rings. The summed E-state index contributed by atoms with van der Waals surface area (Å²) in [5.41, 5.74) is -0.375. The van der Waals surface area contributed by atoms with E-state index in [1.807, 2.05) is 33.8 Å². The fourth-order valence-electron chi connectivity index (χ4n) is 1.16. The van der Waals surface area contributed by atoms with Gasteiger partial charge in [-0.3, -0.25) is 4.90 Å². The van der Waals surface area contributed by atoms with Crippen LogP contribution in [0, 0.1) is 0 Å². The molecule has 1 N–H and O–H groups in total. The Kier molecular flexibility index (Phi) is 4.59. The van der Waals surface area contributed by atoms with Gasteiger partial charge >= 0.3 is 13.8 Å². The predicted molar refractivity (Wildman–Crippen MR) is 69.1 cm³/mol. The van der Waals surface area contributed by atoms with Crippen LogP contribution in [0.3, 0.4) is 0 Å². The van der Waals surface area contributed by atoms with E-state index in [-0.39, 0.29) is 11.2 Å². The largest absolute Gasteiger partial charge is 0.488 e. The highest BCUT2D eigenvalue weighted by Crippen LogP contribution is 2.33. The Balaban J connectivity index is 0.000000180. The van der Waals surface area contributed by atoms with E-state index < -0.39 is 6.09 Å². The molecule has 0 bridgehead atoms. The van der Waals surface area contributed by atoms with Gasteiger partial charge in [-0.05, 0) is 33.8 Å². The first-order valence-electron chi connectivity index (χ1n) is 5.76. The number of nitrogens with zero attached hydrogens (tertiary/aromatic N) is 1. The summed E-state index contributed by atoms with van der Waals surface area (Å²) in [4.78, 5) is 11.4. The Hall–Kier alpha value is -1.27. The minimum atomic E-state index is -0.907. The van der Waals surface area contributed by atoms with Gasteiger partial charge in [0.2, 0.25) is 0 Å². The second-order valence-electron chi connectivity index (χ2n) is 5.06. The summed E-state index contributed by atoms with van der Waals surface area (Å²) < 4.78 is 10.4. The van der Waals surface area contributed by atoms with Gasteiger partial charge in [0, 0.05) is 12.7 Å². The molecule has 1 radical (unpaired) electrons. The van der Waals surface area contributed by atoms with Gasteiger partial charge < -0.3 is 14.4 Å². The van der Waals surface area contributed by atoms with Crippen LogP contribution >= 0.6 is 0 Å². The minimum absolute atomic E-state index is 0.187. The van der Waals surface area contributed by atoms with Crippen molar-refractivity contribution in [2.75, 3.05) is 6.54 Å². The predicted octanol–water partition coefficient (Wildman–Crippen LogP) is 2.17. The summed E-state index contributed by atoms with van der Waals surface area (Å²) >= 11 is 0. The molecule has 5 nitrogen and oxygen atoms in total. The van der Waals surface area contributed by atoms with Gasteiger partial charge in [0.05, 0.1) is 11.2 Å². The summed E-state index contributed by atoms with van der Waals surface area (Å²) in [7, 11) is 1.42. The van der Waals surface area contributed by atoms with Gasteiger partial charge in [-0.15, -0.1) is 0 Å². The van der Waals surface area contributed by atoms with E-state index in [9.17, 15) is 4.79 Å². The van der Waals surface area contributed by atoms with Crippen LogP contribution in [0.1, 0.15) is 27.7 Å². The van der Waals surface area contributed by atoms with E-state index in [2.05, 4.69) is 0 Å². The van der Waals surface area contributed by atoms with Crippen LogP contribution in [-0.2, 0) is 9.31 Å². The molecule has 0 aromatic rings. The van der Waals surface area contributed by atoms with E-state index in [0.717, 1.165) is 0 Å². The molecular formula is C12H19BNO4.